The Balaban J connectivity index is 1.82. The first-order valence-electron chi connectivity index (χ1n) is 8.22. The van der Waals surface area contributed by atoms with Crippen molar-refractivity contribution in [1.29, 1.82) is 5.41 Å². The highest BCUT2D eigenvalue weighted by atomic mass is 19.4. The largest absolute Gasteiger partial charge is 0.418 e. The van der Waals surface area contributed by atoms with Crippen molar-refractivity contribution in [2.24, 2.45) is 4.99 Å². The van der Waals surface area contributed by atoms with Crippen molar-refractivity contribution in [3.63, 3.8) is 0 Å². The molecule has 144 valence electrons. The van der Waals surface area contributed by atoms with Gasteiger partial charge in [0.15, 0.2) is 5.84 Å². The number of benzene rings is 1. The van der Waals surface area contributed by atoms with E-state index in [1.54, 1.807) is 11.8 Å². The molecule has 1 amide bonds. The zero-order chi connectivity index (χ0) is 19.6. The molecule has 0 aliphatic carbocycles. The average Bonchev–Trinajstić information content (AvgIpc) is 2.60. The fraction of sp³-hybridized carbons (Fsp3) is 0.353. The molecule has 0 saturated carbocycles. The van der Waals surface area contributed by atoms with Crippen LogP contribution >= 0.6 is 0 Å². The Kier molecular flexibility index (Phi) is 5.17. The number of nitrogens with zero attached hydrogens (tertiary/aromatic N) is 2. The van der Waals surface area contributed by atoms with Gasteiger partial charge in [0.1, 0.15) is 0 Å². The van der Waals surface area contributed by atoms with Crippen molar-refractivity contribution in [2.45, 2.75) is 13.1 Å². The average molecular weight is 381 g/mol. The number of morpholine rings is 1. The van der Waals surface area contributed by atoms with Crippen molar-refractivity contribution in [2.75, 3.05) is 31.6 Å². The van der Waals surface area contributed by atoms with Crippen LogP contribution in [0.25, 0.3) is 0 Å². The van der Waals surface area contributed by atoms with Gasteiger partial charge in [0, 0.05) is 19.3 Å². The summed E-state index contributed by atoms with van der Waals surface area (Å²) in [7, 11) is 0. The number of hydrogen-bond donors (Lipinski definition) is 3. The van der Waals surface area contributed by atoms with Gasteiger partial charge >= 0.3 is 6.18 Å². The highest BCUT2D eigenvalue weighted by Gasteiger charge is 2.33. The lowest BCUT2D eigenvalue weighted by molar-refractivity contribution is -0.136. The molecule has 0 unspecified atom stereocenters. The number of rotatable bonds is 2. The van der Waals surface area contributed by atoms with Gasteiger partial charge in [-0.25, -0.2) is 0 Å². The lowest BCUT2D eigenvalue weighted by atomic mass is 10.1. The molecule has 2 aliphatic rings. The summed E-state index contributed by atoms with van der Waals surface area (Å²) in [5.41, 5.74) is -0.579. The van der Waals surface area contributed by atoms with Gasteiger partial charge in [0.05, 0.1) is 30.0 Å². The molecule has 0 aromatic heterocycles. The molecule has 0 radical (unpaired) electrons. The van der Waals surface area contributed by atoms with Crippen LogP contribution in [-0.4, -0.2) is 48.9 Å². The number of nitrogens with one attached hydrogen (secondary N) is 3. The van der Waals surface area contributed by atoms with Crippen molar-refractivity contribution in [3.8, 4) is 0 Å². The normalized spacial score (nSPS) is 19.8. The third-order valence-corrected chi connectivity index (χ3v) is 4.11. The van der Waals surface area contributed by atoms with E-state index in [0.717, 1.165) is 12.3 Å². The smallest absolute Gasteiger partial charge is 0.378 e. The number of amides is 1. The van der Waals surface area contributed by atoms with Crippen LogP contribution < -0.4 is 10.6 Å². The summed E-state index contributed by atoms with van der Waals surface area (Å²) in [5.74, 6) is -0.684. The lowest BCUT2D eigenvalue weighted by Crippen LogP contribution is -2.52. The van der Waals surface area contributed by atoms with Gasteiger partial charge in [0.25, 0.3) is 5.91 Å². The second-order valence-electron chi connectivity index (χ2n) is 6.09. The molecule has 0 spiro atoms. The number of aryl methyl sites for hydroxylation is 1. The van der Waals surface area contributed by atoms with E-state index in [2.05, 4.69) is 15.6 Å². The van der Waals surface area contributed by atoms with Crippen molar-refractivity contribution in [3.05, 3.63) is 41.1 Å². The first kappa shape index (κ1) is 18.9. The molecule has 3 N–H and O–H groups in total. The van der Waals surface area contributed by atoms with Gasteiger partial charge < -0.3 is 15.0 Å². The summed E-state index contributed by atoms with van der Waals surface area (Å²) in [6.07, 6.45) is -3.47. The molecule has 27 heavy (non-hydrogen) atoms. The van der Waals surface area contributed by atoms with Gasteiger partial charge in [0.2, 0.25) is 5.96 Å². The molecule has 7 nitrogen and oxygen atoms in total. The van der Waals surface area contributed by atoms with Gasteiger partial charge in [-0.3, -0.25) is 15.5 Å². The number of carbonyl (C=O) groups is 1. The molecular weight excluding hydrogens is 363 g/mol. The van der Waals surface area contributed by atoms with Crippen LogP contribution in [0.2, 0.25) is 0 Å². The van der Waals surface area contributed by atoms with Gasteiger partial charge in [-0.1, -0.05) is 6.07 Å². The van der Waals surface area contributed by atoms with E-state index in [1.807, 2.05) is 0 Å². The summed E-state index contributed by atoms with van der Waals surface area (Å²) >= 11 is 0. The number of amidine groups is 1. The minimum atomic E-state index is -4.54. The Labute approximate surface area is 153 Å². The monoisotopic (exact) mass is 381 g/mol. The third kappa shape index (κ3) is 4.27. The Morgan fingerprint density at radius 3 is 2.67 bits per heavy atom. The van der Waals surface area contributed by atoms with Crippen LogP contribution in [0, 0.1) is 12.3 Å². The molecule has 2 aliphatic heterocycles. The minimum Gasteiger partial charge on any atom is -0.378 e. The second kappa shape index (κ2) is 7.39. The van der Waals surface area contributed by atoms with E-state index >= 15 is 0 Å². The summed E-state index contributed by atoms with van der Waals surface area (Å²) in [4.78, 5) is 18.1. The molecule has 3 rings (SSSR count). The van der Waals surface area contributed by atoms with Crippen LogP contribution in [0.5, 0.6) is 0 Å². The fourth-order valence-electron chi connectivity index (χ4n) is 2.70. The fourth-order valence-corrected chi connectivity index (χ4v) is 2.70. The topological polar surface area (TPSA) is 89.8 Å². The van der Waals surface area contributed by atoms with E-state index in [-0.39, 0.29) is 23.1 Å². The summed E-state index contributed by atoms with van der Waals surface area (Å²) in [6.45, 7) is 3.69. The molecule has 1 fully saturated rings. The predicted molar refractivity (Wildman–Crippen MR) is 93.6 cm³/mol. The maximum Gasteiger partial charge on any atom is 0.418 e. The molecule has 1 aromatic rings. The quantitative estimate of drug-likeness (QED) is 0.685. The highest BCUT2D eigenvalue weighted by Crippen LogP contribution is 2.35. The Hall–Kier alpha value is -2.88. The van der Waals surface area contributed by atoms with Crippen molar-refractivity contribution >= 4 is 23.4 Å². The predicted octanol–water partition coefficient (Wildman–Crippen LogP) is 2.10. The third-order valence-electron chi connectivity index (χ3n) is 4.11. The standard InChI is InChI=1S/C17H18F3N5O2/c1-10-2-3-12(17(18,19)20)13(8-10)22-9-11-14(21)23-16(24-15(11)26)25-4-6-27-7-5-25/h2-3,8-9,22H,4-7H2,1H3,(H2,21,23,24,26)/b11-9+. The molecule has 1 saturated heterocycles. The molecule has 0 atom stereocenters. The SMILES string of the molecule is Cc1ccc(C(F)(F)F)c(N/C=C2\C(=N)N=C(N3CCOCC3)NC2=O)c1. The summed E-state index contributed by atoms with van der Waals surface area (Å²) in [5, 5.41) is 13.0. The van der Waals surface area contributed by atoms with Gasteiger partial charge in [-0.15, -0.1) is 0 Å². The van der Waals surface area contributed by atoms with Crippen LogP contribution in [0.15, 0.2) is 35.0 Å². The molecule has 10 heteroatoms. The summed E-state index contributed by atoms with van der Waals surface area (Å²) < 4.78 is 44.6. The Morgan fingerprint density at radius 2 is 2.04 bits per heavy atom. The number of aliphatic imine (C=N–C) groups is 1. The van der Waals surface area contributed by atoms with Crippen LogP contribution in [-0.2, 0) is 15.7 Å². The van der Waals surface area contributed by atoms with E-state index in [1.165, 1.54) is 12.1 Å². The van der Waals surface area contributed by atoms with E-state index in [4.69, 9.17) is 10.1 Å². The number of anilines is 1. The number of ether oxygens (including phenoxy) is 1. The molecule has 2 heterocycles. The maximum atomic E-state index is 13.1. The number of halogens is 3. The van der Waals surface area contributed by atoms with Crippen molar-refractivity contribution in [1.82, 2.24) is 10.2 Å². The van der Waals surface area contributed by atoms with Crippen LogP contribution in [0.4, 0.5) is 18.9 Å². The first-order chi connectivity index (χ1) is 12.8. The van der Waals surface area contributed by atoms with E-state index in [9.17, 15) is 18.0 Å². The van der Waals surface area contributed by atoms with E-state index < -0.39 is 17.6 Å². The molecule has 1 aromatic carbocycles. The van der Waals surface area contributed by atoms with Crippen LogP contribution in [0.1, 0.15) is 11.1 Å². The second-order valence-corrected chi connectivity index (χ2v) is 6.09. The number of carbonyl (C=O) groups excluding carboxylic acids is 1. The minimum absolute atomic E-state index is 0.151. The zero-order valence-electron chi connectivity index (χ0n) is 14.5. The zero-order valence-corrected chi connectivity index (χ0v) is 14.5. The number of alkyl halides is 3. The lowest BCUT2D eigenvalue weighted by Gasteiger charge is -2.31. The van der Waals surface area contributed by atoms with Gasteiger partial charge in [-0.2, -0.15) is 18.2 Å². The summed E-state index contributed by atoms with van der Waals surface area (Å²) in [6, 6.07) is 3.65. The number of guanidine groups is 1. The Bertz CT molecular complexity index is 826. The maximum absolute atomic E-state index is 13.1. The highest BCUT2D eigenvalue weighted by molar-refractivity contribution is 6.28. The molecular formula is C17H18F3N5O2. The van der Waals surface area contributed by atoms with E-state index in [0.29, 0.717) is 31.9 Å². The Morgan fingerprint density at radius 1 is 1.33 bits per heavy atom. The first-order valence-corrected chi connectivity index (χ1v) is 8.22. The number of hydrogen-bond acceptors (Lipinski definition) is 5. The molecule has 0 bridgehead atoms. The van der Waals surface area contributed by atoms with Gasteiger partial charge in [-0.05, 0) is 24.6 Å². The van der Waals surface area contributed by atoms with Crippen molar-refractivity contribution < 1.29 is 22.7 Å². The van der Waals surface area contributed by atoms with Crippen LogP contribution in [0.3, 0.4) is 0 Å².